The van der Waals surface area contributed by atoms with E-state index in [1.165, 1.54) is 0 Å². The third-order valence-corrected chi connectivity index (χ3v) is 8.60. The van der Waals surface area contributed by atoms with E-state index in [-0.39, 0.29) is 38.6 Å². The first kappa shape index (κ1) is 47.2. The number of amides is 3. The monoisotopic (exact) mass is 797 g/mol. The fourth-order valence-electron chi connectivity index (χ4n) is 5.55. The van der Waals surface area contributed by atoms with Gasteiger partial charge in [-0.15, -0.1) is 0 Å². The van der Waals surface area contributed by atoms with E-state index in [0.717, 1.165) is 11.1 Å². The molecule has 3 amide bonds. The van der Waals surface area contributed by atoms with E-state index in [1.54, 1.807) is 24.3 Å². The molecule has 11 N–H and O–H groups in total. The maximum atomic E-state index is 13.7. The molecule has 2 aromatic rings. The van der Waals surface area contributed by atoms with Crippen LogP contribution in [0.3, 0.4) is 0 Å². The lowest BCUT2D eigenvalue weighted by atomic mass is 9.98. The topological polar surface area (TPSA) is 258 Å². The Morgan fingerprint density at radius 3 is 1.80 bits per heavy atom. The number of carbonyl (C=O) groups excluding carboxylic acids is 5. The van der Waals surface area contributed by atoms with Crippen LogP contribution in [0.25, 0.3) is 0 Å². The minimum atomic E-state index is -5.08. The van der Waals surface area contributed by atoms with Crippen molar-refractivity contribution in [3.05, 3.63) is 71.8 Å². The number of halogens is 4. The lowest BCUT2D eigenvalue weighted by Gasteiger charge is -2.27. The minimum Gasteiger partial charge on any atom is -0.475 e. The van der Waals surface area contributed by atoms with Crippen LogP contribution >= 0.6 is 0 Å². The smallest absolute Gasteiger partial charge is 0.475 e. The van der Waals surface area contributed by atoms with Gasteiger partial charge in [-0.1, -0.05) is 60.7 Å². The van der Waals surface area contributed by atoms with Crippen LogP contribution in [-0.2, 0) is 46.3 Å². The summed E-state index contributed by atoms with van der Waals surface area (Å²) in [6.45, 7) is 0.672. The van der Waals surface area contributed by atoms with Crippen LogP contribution in [0.1, 0.15) is 49.7 Å². The van der Waals surface area contributed by atoms with Crippen LogP contribution in [-0.4, -0.2) is 103 Å². The second-order valence-electron chi connectivity index (χ2n) is 13.1. The van der Waals surface area contributed by atoms with Crippen molar-refractivity contribution in [2.24, 2.45) is 23.1 Å². The Labute approximate surface area is 321 Å². The van der Waals surface area contributed by atoms with E-state index in [1.807, 2.05) is 36.4 Å². The Bertz CT molecular complexity index is 1550. The number of ether oxygens (including phenoxy) is 1. The third-order valence-electron chi connectivity index (χ3n) is 8.60. The van der Waals surface area contributed by atoms with Gasteiger partial charge in [0.2, 0.25) is 17.7 Å². The summed E-state index contributed by atoms with van der Waals surface area (Å²) in [5, 5.41) is 18.2. The van der Waals surface area contributed by atoms with Crippen molar-refractivity contribution in [1.82, 2.24) is 21.3 Å². The summed E-state index contributed by atoms with van der Waals surface area (Å²) < 4.78 is 50.3. The standard InChI is InChI=1S/C35H50FN7O6.C2HF3O2/c36-16-7-12-28(32(45)43-30(22-26(38)13-17-37)35(48)49-34(47)25-14-18-40-19-15-25)41-33(46)29(21-24-10-5-2-6-11-24)42-31(44)27(39)20-23-8-3-1-4-9-23;3-2(4,5)1(6)7/h1-6,8-11,25-30,40H,7,12-22,37-39H2,(H,41,46)(H,42,44)(H,43,45);(H,6,7)/t26?,27-,28?,29-,30-;/m1./s1. The summed E-state index contributed by atoms with van der Waals surface area (Å²) >= 11 is 0. The van der Waals surface area contributed by atoms with Gasteiger partial charge in [0, 0.05) is 12.5 Å². The molecule has 0 aliphatic carbocycles. The number of carboxylic acid groups (broad SMARTS) is 1. The van der Waals surface area contributed by atoms with Gasteiger partial charge in [-0.05, 0) is 75.7 Å². The number of carbonyl (C=O) groups is 6. The number of nitrogens with one attached hydrogen (secondary N) is 4. The highest BCUT2D eigenvalue weighted by Crippen LogP contribution is 2.16. The van der Waals surface area contributed by atoms with Crippen molar-refractivity contribution in [2.45, 2.75) is 87.8 Å². The lowest BCUT2D eigenvalue weighted by molar-refractivity contribution is -0.192. The first-order valence-corrected chi connectivity index (χ1v) is 18.1. The van der Waals surface area contributed by atoms with Gasteiger partial charge >= 0.3 is 24.1 Å². The summed E-state index contributed by atoms with van der Waals surface area (Å²) in [5.41, 5.74) is 19.5. The number of carboxylic acids is 1. The predicted molar refractivity (Wildman–Crippen MR) is 196 cm³/mol. The molecule has 1 aliphatic heterocycles. The molecular weight excluding hydrogens is 746 g/mol. The zero-order chi connectivity index (χ0) is 41.7. The lowest BCUT2D eigenvalue weighted by Crippen LogP contribution is -2.58. The van der Waals surface area contributed by atoms with E-state index in [2.05, 4.69) is 21.3 Å². The molecule has 0 bridgehead atoms. The highest BCUT2D eigenvalue weighted by atomic mass is 19.4. The van der Waals surface area contributed by atoms with Crippen LogP contribution in [0.2, 0.25) is 0 Å². The fraction of sp³-hybridized carbons (Fsp3) is 0.514. The van der Waals surface area contributed by atoms with E-state index >= 15 is 0 Å². The number of aliphatic carboxylic acids is 1. The summed E-state index contributed by atoms with van der Waals surface area (Å²) in [5.74, 6) is -6.97. The molecule has 310 valence electrons. The average Bonchev–Trinajstić information content (AvgIpc) is 3.16. The van der Waals surface area contributed by atoms with Crippen LogP contribution in [0.5, 0.6) is 0 Å². The number of benzene rings is 2. The highest BCUT2D eigenvalue weighted by molar-refractivity contribution is 5.96. The average molecular weight is 798 g/mol. The van der Waals surface area contributed by atoms with E-state index in [4.69, 9.17) is 31.8 Å². The molecule has 0 radical (unpaired) electrons. The number of piperidine rings is 1. The Kier molecular flexibility index (Phi) is 20.7. The van der Waals surface area contributed by atoms with Gasteiger partial charge in [-0.3, -0.25) is 23.6 Å². The third kappa shape index (κ3) is 17.7. The van der Waals surface area contributed by atoms with Crippen molar-refractivity contribution in [1.29, 1.82) is 0 Å². The molecule has 0 aromatic heterocycles. The molecule has 0 spiro atoms. The molecule has 1 aliphatic rings. The van der Waals surface area contributed by atoms with Crippen LogP contribution in [0, 0.1) is 5.92 Å². The van der Waals surface area contributed by atoms with E-state index in [9.17, 15) is 41.5 Å². The van der Waals surface area contributed by atoms with Crippen molar-refractivity contribution in [3.63, 3.8) is 0 Å². The van der Waals surface area contributed by atoms with Gasteiger partial charge in [0.05, 0.1) is 18.6 Å². The minimum absolute atomic E-state index is 0.0774. The van der Waals surface area contributed by atoms with Gasteiger partial charge in [0.25, 0.3) is 0 Å². The molecular formula is C37H51F4N7O8. The first-order valence-electron chi connectivity index (χ1n) is 18.1. The van der Waals surface area contributed by atoms with Gasteiger partial charge in [-0.25, -0.2) is 9.59 Å². The molecule has 56 heavy (non-hydrogen) atoms. The second-order valence-corrected chi connectivity index (χ2v) is 13.1. The Morgan fingerprint density at radius 2 is 1.29 bits per heavy atom. The summed E-state index contributed by atoms with van der Waals surface area (Å²) in [6, 6.07) is 12.8. The number of hydrogen-bond acceptors (Lipinski definition) is 11. The van der Waals surface area contributed by atoms with E-state index < -0.39 is 84.6 Å². The number of hydrogen-bond donors (Lipinski definition) is 8. The molecule has 19 heteroatoms. The summed E-state index contributed by atoms with van der Waals surface area (Å²) in [4.78, 5) is 75.3. The van der Waals surface area contributed by atoms with Gasteiger partial charge in [0.15, 0.2) is 0 Å². The molecule has 2 aromatic carbocycles. The Balaban J connectivity index is 0.00000141. The van der Waals surface area contributed by atoms with Crippen molar-refractivity contribution < 1.29 is 56.2 Å². The maximum absolute atomic E-state index is 13.7. The quantitative estimate of drug-likeness (QED) is 0.0558. The van der Waals surface area contributed by atoms with Gasteiger partial charge in [-0.2, -0.15) is 13.2 Å². The number of rotatable bonds is 19. The van der Waals surface area contributed by atoms with Crippen LogP contribution in [0.4, 0.5) is 17.6 Å². The summed E-state index contributed by atoms with van der Waals surface area (Å²) in [6.07, 6.45) is -3.71. The molecule has 15 nitrogen and oxygen atoms in total. The SMILES string of the molecule is NCCC(N)C[C@@H](NC(=O)C(CCCF)NC(=O)[C@@H](Cc1ccccc1)NC(=O)[C@H](N)Cc1ccccc1)C(=O)OC(=O)C1CCNCC1.O=C(O)C(F)(F)F. The molecule has 5 atom stereocenters. The normalized spacial score (nSPS) is 15.7. The van der Waals surface area contributed by atoms with E-state index in [0.29, 0.717) is 32.4 Å². The zero-order valence-corrected chi connectivity index (χ0v) is 30.8. The Morgan fingerprint density at radius 1 is 0.786 bits per heavy atom. The predicted octanol–water partition coefficient (Wildman–Crippen LogP) is 0.772. The number of alkyl halides is 4. The maximum Gasteiger partial charge on any atom is 0.490 e. The molecule has 1 saturated heterocycles. The number of esters is 2. The summed E-state index contributed by atoms with van der Waals surface area (Å²) in [7, 11) is 0. The van der Waals surface area contributed by atoms with Crippen molar-refractivity contribution >= 4 is 35.6 Å². The Hall–Kier alpha value is -4.98. The molecule has 2 unspecified atom stereocenters. The molecule has 3 rings (SSSR count). The molecule has 1 fully saturated rings. The first-order chi connectivity index (χ1) is 26.5. The zero-order valence-electron chi connectivity index (χ0n) is 30.8. The van der Waals surface area contributed by atoms with Gasteiger partial charge in [0.1, 0.15) is 18.1 Å². The van der Waals surface area contributed by atoms with Crippen LogP contribution < -0.4 is 38.5 Å². The van der Waals surface area contributed by atoms with Gasteiger partial charge < -0.3 is 48.3 Å². The highest BCUT2D eigenvalue weighted by Gasteiger charge is 2.38. The van der Waals surface area contributed by atoms with Crippen molar-refractivity contribution in [3.8, 4) is 0 Å². The fourth-order valence-corrected chi connectivity index (χ4v) is 5.55. The molecule has 1 heterocycles. The second kappa shape index (κ2) is 24.5. The molecule has 0 saturated carbocycles. The van der Waals surface area contributed by atoms with Crippen LogP contribution in [0.15, 0.2) is 60.7 Å². The largest absolute Gasteiger partial charge is 0.490 e. The number of nitrogens with two attached hydrogens (primary N) is 3. The van der Waals surface area contributed by atoms with Crippen molar-refractivity contribution in [2.75, 3.05) is 26.3 Å².